The number of amides is 2. The fourth-order valence-corrected chi connectivity index (χ4v) is 4.12. The number of aliphatic hydroxyl groups is 1. The largest absolute Gasteiger partial charge is 0.393 e. The van der Waals surface area contributed by atoms with Crippen molar-refractivity contribution in [2.24, 2.45) is 13.0 Å². The summed E-state index contributed by atoms with van der Waals surface area (Å²) in [5.74, 6) is -2.66. The Morgan fingerprint density at radius 3 is 2.58 bits per heavy atom. The topological polar surface area (TPSA) is 113 Å². The minimum absolute atomic E-state index is 0.0536. The van der Waals surface area contributed by atoms with Crippen molar-refractivity contribution in [2.75, 3.05) is 11.9 Å². The molecule has 2 aromatic rings. The van der Waals surface area contributed by atoms with Crippen molar-refractivity contribution in [3.8, 4) is 0 Å². The van der Waals surface area contributed by atoms with Crippen molar-refractivity contribution in [3.05, 3.63) is 46.3 Å². The van der Waals surface area contributed by atoms with E-state index in [0.29, 0.717) is 28.9 Å². The Morgan fingerprint density at radius 2 is 1.97 bits per heavy atom. The first-order valence-corrected chi connectivity index (χ1v) is 10.2. The number of hydrogen-bond donors (Lipinski definition) is 3. The first-order chi connectivity index (χ1) is 14.6. The minimum atomic E-state index is -0.770. The monoisotopic (exact) mass is 430 g/mol. The number of aryl methyl sites for hydroxylation is 1. The molecule has 2 aromatic heterocycles. The van der Waals surface area contributed by atoms with E-state index in [4.69, 9.17) is 0 Å². The van der Waals surface area contributed by atoms with Gasteiger partial charge in [-0.05, 0) is 45.2 Å². The second-order valence-electron chi connectivity index (χ2n) is 8.08. The number of ketones is 1. The van der Waals surface area contributed by atoms with Crippen molar-refractivity contribution < 1.29 is 23.9 Å². The lowest BCUT2D eigenvalue weighted by Crippen LogP contribution is -2.37. The molecule has 1 aliphatic carbocycles. The Morgan fingerprint density at radius 1 is 1.26 bits per heavy atom. The number of halogens is 1. The van der Waals surface area contributed by atoms with E-state index in [0.717, 1.165) is 12.8 Å². The van der Waals surface area contributed by atoms with E-state index in [1.165, 1.54) is 23.8 Å². The fourth-order valence-electron chi connectivity index (χ4n) is 4.12. The van der Waals surface area contributed by atoms with Gasteiger partial charge in [-0.3, -0.25) is 14.4 Å². The molecule has 0 radical (unpaired) electrons. The van der Waals surface area contributed by atoms with Crippen LogP contribution in [0.2, 0.25) is 0 Å². The molecule has 2 heterocycles. The quantitative estimate of drug-likeness (QED) is 0.369. The second-order valence-corrected chi connectivity index (χ2v) is 8.08. The van der Waals surface area contributed by atoms with Gasteiger partial charge in [0.25, 0.3) is 17.6 Å². The molecule has 2 amide bonds. The SMILES string of the molecule is Cc1cc(NC(=O)c2c(C)c(C(=O)C(=O)NCC3CCC[C@H]3O)n(C)c2C)cnc1F. The van der Waals surface area contributed by atoms with Crippen LogP contribution in [0.25, 0.3) is 0 Å². The van der Waals surface area contributed by atoms with Gasteiger partial charge < -0.3 is 20.3 Å². The molecule has 0 bridgehead atoms. The average molecular weight is 430 g/mol. The van der Waals surface area contributed by atoms with E-state index in [1.807, 2.05) is 0 Å². The Labute approximate surface area is 179 Å². The van der Waals surface area contributed by atoms with Crippen molar-refractivity contribution in [2.45, 2.75) is 46.1 Å². The normalized spacial score (nSPS) is 18.1. The highest BCUT2D eigenvalue weighted by Gasteiger charge is 2.30. The molecule has 0 spiro atoms. The summed E-state index contributed by atoms with van der Waals surface area (Å²) in [7, 11) is 1.62. The third-order valence-corrected chi connectivity index (χ3v) is 5.99. The number of nitrogens with zero attached hydrogens (tertiary/aromatic N) is 2. The summed E-state index contributed by atoms with van der Waals surface area (Å²) in [6.45, 7) is 5.06. The van der Waals surface area contributed by atoms with Crippen molar-refractivity contribution in [1.29, 1.82) is 0 Å². The molecule has 1 saturated carbocycles. The van der Waals surface area contributed by atoms with Gasteiger partial charge in [-0.2, -0.15) is 4.39 Å². The first-order valence-electron chi connectivity index (χ1n) is 10.2. The number of hydrogen-bond acceptors (Lipinski definition) is 5. The maximum Gasteiger partial charge on any atom is 0.294 e. The molecule has 2 atom stereocenters. The third kappa shape index (κ3) is 4.51. The Hall–Kier alpha value is -3.07. The molecule has 166 valence electrons. The van der Waals surface area contributed by atoms with Gasteiger partial charge in [0.05, 0.1) is 29.2 Å². The van der Waals surface area contributed by atoms with Gasteiger partial charge in [0.1, 0.15) is 0 Å². The Balaban J connectivity index is 1.78. The van der Waals surface area contributed by atoms with Gasteiger partial charge in [0.15, 0.2) is 0 Å². The van der Waals surface area contributed by atoms with Crippen LogP contribution in [0.5, 0.6) is 0 Å². The predicted molar refractivity (Wildman–Crippen MR) is 112 cm³/mol. The van der Waals surface area contributed by atoms with Crippen LogP contribution in [-0.4, -0.2) is 44.9 Å². The number of aliphatic hydroxyl groups excluding tert-OH is 1. The van der Waals surface area contributed by atoms with Crippen molar-refractivity contribution in [1.82, 2.24) is 14.9 Å². The number of rotatable bonds is 6. The van der Waals surface area contributed by atoms with Crippen LogP contribution in [0.1, 0.15) is 56.9 Å². The second kappa shape index (κ2) is 8.97. The third-order valence-electron chi connectivity index (χ3n) is 5.99. The van der Waals surface area contributed by atoms with Crippen LogP contribution in [0.4, 0.5) is 10.1 Å². The summed E-state index contributed by atoms with van der Waals surface area (Å²) in [6.07, 6.45) is 3.15. The lowest BCUT2D eigenvalue weighted by molar-refractivity contribution is -0.117. The standard InChI is InChI=1S/C22H27FN4O4/c1-11-8-15(10-24-20(11)23)26-21(30)17-12(2)18(27(4)13(17)3)19(29)22(31)25-9-14-6-5-7-16(14)28/h8,10,14,16,28H,5-7,9H2,1-4H3,(H,25,31)(H,26,30)/t14?,16-/m1/s1. The number of aromatic nitrogens is 2. The molecule has 1 fully saturated rings. The number of carbonyl (C=O) groups excluding carboxylic acids is 3. The molecule has 0 saturated heterocycles. The summed E-state index contributed by atoms with van der Waals surface area (Å²) in [5.41, 5.74) is 1.91. The van der Waals surface area contributed by atoms with Crippen LogP contribution >= 0.6 is 0 Å². The van der Waals surface area contributed by atoms with E-state index in [1.54, 1.807) is 20.9 Å². The zero-order valence-electron chi connectivity index (χ0n) is 18.1. The lowest BCUT2D eigenvalue weighted by atomic mass is 10.1. The van der Waals surface area contributed by atoms with Gasteiger partial charge in [-0.15, -0.1) is 0 Å². The molecule has 31 heavy (non-hydrogen) atoms. The molecule has 3 N–H and O–H groups in total. The number of anilines is 1. The fraction of sp³-hybridized carbons (Fsp3) is 0.455. The molecule has 3 rings (SSSR count). The predicted octanol–water partition coefficient (Wildman–Crippen LogP) is 2.20. The maximum atomic E-state index is 13.4. The molecule has 9 heteroatoms. The van der Waals surface area contributed by atoms with E-state index in [-0.39, 0.29) is 23.7 Å². The van der Waals surface area contributed by atoms with Gasteiger partial charge >= 0.3 is 0 Å². The van der Waals surface area contributed by atoms with Crippen molar-refractivity contribution >= 4 is 23.3 Å². The molecule has 0 aliphatic heterocycles. The highest BCUT2D eigenvalue weighted by atomic mass is 19.1. The van der Waals surface area contributed by atoms with E-state index in [9.17, 15) is 23.9 Å². The van der Waals surface area contributed by atoms with E-state index < -0.39 is 29.6 Å². The van der Waals surface area contributed by atoms with E-state index >= 15 is 0 Å². The van der Waals surface area contributed by atoms with Crippen LogP contribution in [0.3, 0.4) is 0 Å². The molecule has 1 unspecified atom stereocenters. The number of pyridine rings is 1. The maximum absolute atomic E-state index is 13.4. The summed E-state index contributed by atoms with van der Waals surface area (Å²) in [5, 5.41) is 15.2. The Bertz CT molecular complexity index is 1050. The van der Waals surface area contributed by atoms with Gasteiger partial charge in [0, 0.05) is 30.8 Å². The molecular weight excluding hydrogens is 403 g/mol. The summed E-state index contributed by atoms with van der Waals surface area (Å²) >= 11 is 0. The van der Waals surface area contributed by atoms with E-state index in [2.05, 4.69) is 15.6 Å². The van der Waals surface area contributed by atoms with Crippen LogP contribution in [0.15, 0.2) is 12.3 Å². The highest BCUT2D eigenvalue weighted by molar-refractivity contribution is 6.43. The lowest BCUT2D eigenvalue weighted by Gasteiger charge is -2.15. The van der Waals surface area contributed by atoms with Crippen LogP contribution < -0.4 is 10.6 Å². The van der Waals surface area contributed by atoms with Gasteiger partial charge in [0.2, 0.25) is 5.95 Å². The molecule has 1 aliphatic rings. The number of nitrogens with one attached hydrogen (secondary N) is 2. The Kier molecular flexibility index (Phi) is 6.54. The molecule has 0 aromatic carbocycles. The van der Waals surface area contributed by atoms with Gasteiger partial charge in [-0.25, -0.2) is 4.98 Å². The zero-order chi connectivity index (χ0) is 22.9. The zero-order valence-corrected chi connectivity index (χ0v) is 18.1. The summed E-state index contributed by atoms with van der Waals surface area (Å²) in [4.78, 5) is 41.7. The van der Waals surface area contributed by atoms with Gasteiger partial charge in [-0.1, -0.05) is 6.42 Å². The number of Topliss-reactive ketones (excluding diaryl/α,β-unsaturated/α-hetero) is 1. The number of carbonyl (C=O) groups is 3. The van der Waals surface area contributed by atoms with Crippen LogP contribution in [0, 0.1) is 32.6 Å². The first kappa shape index (κ1) is 22.6. The molecule has 8 nitrogen and oxygen atoms in total. The highest BCUT2D eigenvalue weighted by Crippen LogP contribution is 2.25. The summed E-state index contributed by atoms with van der Waals surface area (Å²) in [6, 6.07) is 1.46. The van der Waals surface area contributed by atoms with Crippen molar-refractivity contribution in [3.63, 3.8) is 0 Å². The summed E-state index contributed by atoms with van der Waals surface area (Å²) < 4.78 is 14.9. The van der Waals surface area contributed by atoms with Crippen LogP contribution in [-0.2, 0) is 11.8 Å². The average Bonchev–Trinajstić information content (AvgIpc) is 3.22. The minimum Gasteiger partial charge on any atom is -0.393 e. The smallest absolute Gasteiger partial charge is 0.294 e. The molecular formula is C22H27FN4O4.